The van der Waals surface area contributed by atoms with Crippen LogP contribution in [0.4, 0.5) is 5.82 Å². The van der Waals surface area contributed by atoms with Crippen LogP contribution < -0.4 is 5.32 Å². The molecule has 0 unspecified atom stereocenters. The molecule has 1 aromatic carbocycles. The van der Waals surface area contributed by atoms with Crippen LogP contribution in [0.1, 0.15) is 29.7 Å². The van der Waals surface area contributed by atoms with E-state index in [-0.39, 0.29) is 5.91 Å². The molecule has 0 atom stereocenters. The van der Waals surface area contributed by atoms with Gasteiger partial charge in [-0.1, -0.05) is 36.9 Å². The van der Waals surface area contributed by atoms with E-state index in [1.807, 2.05) is 30.4 Å². The van der Waals surface area contributed by atoms with Crippen LogP contribution in [0.5, 0.6) is 0 Å². The van der Waals surface area contributed by atoms with Gasteiger partial charge in [0.2, 0.25) is 5.91 Å². The first kappa shape index (κ1) is 18.4. The van der Waals surface area contributed by atoms with Crippen molar-refractivity contribution >= 4 is 34.3 Å². The van der Waals surface area contributed by atoms with Crippen LogP contribution in [0.3, 0.4) is 0 Å². The zero-order valence-electron chi connectivity index (χ0n) is 16.7. The van der Waals surface area contributed by atoms with Crippen molar-refractivity contribution in [3.8, 4) is 0 Å². The second kappa shape index (κ2) is 7.67. The standard InChI is InChI=1S/C25H23N3O2/c1-17(6-7-18-14-21-8-9-24(29)27-25(21)26-16-18)28-12-10-19(11-13-28)23-15-20-4-2-3-5-22(20)30-23/h2-7,10,14-16H,1,8-9,11-13H2,(H,26,27,29)/b7-6+. The Kier molecular flexibility index (Phi) is 4.71. The molecule has 1 amide bonds. The van der Waals surface area contributed by atoms with E-state index in [9.17, 15) is 4.79 Å². The molecule has 2 aliphatic heterocycles. The molecule has 2 aromatic heterocycles. The second-order valence-electron chi connectivity index (χ2n) is 7.72. The Labute approximate surface area is 175 Å². The lowest BCUT2D eigenvalue weighted by Gasteiger charge is -2.28. The van der Waals surface area contributed by atoms with Crippen molar-refractivity contribution in [2.24, 2.45) is 0 Å². The van der Waals surface area contributed by atoms with Crippen molar-refractivity contribution in [2.45, 2.75) is 19.3 Å². The first-order valence-electron chi connectivity index (χ1n) is 10.2. The number of hydrogen-bond acceptors (Lipinski definition) is 4. The summed E-state index contributed by atoms with van der Waals surface area (Å²) in [5.41, 5.74) is 5.25. The number of nitrogens with one attached hydrogen (secondary N) is 1. The van der Waals surface area contributed by atoms with E-state index in [4.69, 9.17) is 4.42 Å². The van der Waals surface area contributed by atoms with Gasteiger partial charge in [0.25, 0.3) is 0 Å². The SMILES string of the molecule is C=C(/C=C/c1cnc2c(c1)CCC(=O)N2)N1CC=C(c2cc3ccccc3o2)CC1. The molecule has 0 aliphatic carbocycles. The molecule has 0 saturated carbocycles. The zero-order chi connectivity index (χ0) is 20.5. The zero-order valence-corrected chi connectivity index (χ0v) is 16.7. The summed E-state index contributed by atoms with van der Waals surface area (Å²) < 4.78 is 6.00. The largest absolute Gasteiger partial charge is 0.456 e. The highest BCUT2D eigenvalue weighted by Gasteiger charge is 2.17. The molecule has 0 spiro atoms. The van der Waals surface area contributed by atoms with Gasteiger partial charge in [0.1, 0.15) is 17.2 Å². The highest BCUT2D eigenvalue weighted by molar-refractivity contribution is 5.92. The molecule has 150 valence electrons. The van der Waals surface area contributed by atoms with Gasteiger partial charge in [-0.3, -0.25) is 4.79 Å². The molecule has 0 radical (unpaired) electrons. The average Bonchev–Trinajstić information content (AvgIpc) is 3.22. The van der Waals surface area contributed by atoms with Gasteiger partial charge in [-0.15, -0.1) is 0 Å². The molecule has 0 fully saturated rings. The highest BCUT2D eigenvalue weighted by atomic mass is 16.3. The molecule has 3 aromatic rings. The van der Waals surface area contributed by atoms with Crippen LogP contribution in [0.2, 0.25) is 0 Å². The van der Waals surface area contributed by atoms with Crippen LogP contribution in [-0.2, 0) is 11.2 Å². The summed E-state index contributed by atoms with van der Waals surface area (Å²) in [6, 6.07) is 12.3. The quantitative estimate of drug-likeness (QED) is 0.628. The fourth-order valence-corrected chi connectivity index (χ4v) is 3.96. The number of fused-ring (bicyclic) bond motifs is 2. The Balaban J connectivity index is 1.25. The highest BCUT2D eigenvalue weighted by Crippen LogP contribution is 2.29. The van der Waals surface area contributed by atoms with Gasteiger partial charge >= 0.3 is 0 Å². The number of hydrogen-bond donors (Lipinski definition) is 1. The molecule has 5 heteroatoms. The third kappa shape index (κ3) is 3.66. The number of carbonyl (C=O) groups excluding carboxylic acids is 1. The number of aromatic nitrogens is 1. The normalized spacial score (nSPS) is 16.5. The fraction of sp³-hybridized carbons (Fsp3) is 0.200. The van der Waals surface area contributed by atoms with Gasteiger partial charge in [-0.2, -0.15) is 0 Å². The predicted octanol–water partition coefficient (Wildman–Crippen LogP) is 5.03. The number of rotatable bonds is 4. The predicted molar refractivity (Wildman–Crippen MR) is 120 cm³/mol. The molecule has 0 saturated heterocycles. The third-order valence-electron chi connectivity index (χ3n) is 5.69. The molecular formula is C25H23N3O2. The van der Waals surface area contributed by atoms with E-state index in [0.717, 1.165) is 59.5 Å². The smallest absolute Gasteiger partial charge is 0.225 e. The molecule has 5 nitrogen and oxygen atoms in total. The second-order valence-corrected chi connectivity index (χ2v) is 7.72. The van der Waals surface area contributed by atoms with Gasteiger partial charge in [-0.25, -0.2) is 4.98 Å². The van der Waals surface area contributed by atoms with Crippen molar-refractivity contribution in [3.05, 3.63) is 83.9 Å². The summed E-state index contributed by atoms with van der Waals surface area (Å²) in [7, 11) is 0. The number of aryl methyl sites for hydroxylation is 1. The van der Waals surface area contributed by atoms with E-state index in [0.29, 0.717) is 12.2 Å². The summed E-state index contributed by atoms with van der Waals surface area (Å²) >= 11 is 0. The monoisotopic (exact) mass is 397 g/mol. The number of para-hydroxylation sites is 1. The minimum Gasteiger partial charge on any atom is -0.456 e. The molecule has 30 heavy (non-hydrogen) atoms. The first-order valence-corrected chi connectivity index (χ1v) is 10.2. The lowest BCUT2D eigenvalue weighted by Crippen LogP contribution is -2.26. The average molecular weight is 397 g/mol. The molecule has 1 N–H and O–H groups in total. The van der Waals surface area contributed by atoms with Crippen LogP contribution in [0.25, 0.3) is 22.6 Å². The number of allylic oxidation sites excluding steroid dienone is 1. The van der Waals surface area contributed by atoms with Gasteiger partial charge in [0.05, 0.1) is 0 Å². The molecular weight excluding hydrogens is 374 g/mol. The van der Waals surface area contributed by atoms with Crippen molar-refractivity contribution in [1.29, 1.82) is 0 Å². The van der Waals surface area contributed by atoms with Gasteiger partial charge < -0.3 is 14.6 Å². The van der Waals surface area contributed by atoms with E-state index >= 15 is 0 Å². The minimum absolute atomic E-state index is 0.0341. The molecule has 4 heterocycles. The Hall–Kier alpha value is -3.60. The Morgan fingerprint density at radius 1 is 1.20 bits per heavy atom. The van der Waals surface area contributed by atoms with Crippen LogP contribution in [0, 0.1) is 0 Å². The Morgan fingerprint density at radius 2 is 2.10 bits per heavy atom. The lowest BCUT2D eigenvalue weighted by molar-refractivity contribution is -0.116. The summed E-state index contributed by atoms with van der Waals surface area (Å²) in [6.07, 6.45) is 10.2. The van der Waals surface area contributed by atoms with E-state index in [1.165, 1.54) is 5.57 Å². The minimum atomic E-state index is 0.0341. The molecule has 2 aliphatic rings. The summed E-state index contributed by atoms with van der Waals surface area (Å²) in [5.74, 6) is 1.68. The number of benzene rings is 1. The third-order valence-corrected chi connectivity index (χ3v) is 5.69. The van der Waals surface area contributed by atoms with Crippen molar-refractivity contribution in [1.82, 2.24) is 9.88 Å². The Bertz CT molecular complexity index is 1170. The van der Waals surface area contributed by atoms with Gasteiger partial charge in [-0.05, 0) is 53.8 Å². The number of pyridine rings is 1. The van der Waals surface area contributed by atoms with Crippen molar-refractivity contribution in [3.63, 3.8) is 0 Å². The number of nitrogens with zero attached hydrogens (tertiary/aromatic N) is 2. The fourth-order valence-electron chi connectivity index (χ4n) is 3.96. The molecule has 0 bridgehead atoms. The van der Waals surface area contributed by atoms with E-state index in [1.54, 1.807) is 6.20 Å². The summed E-state index contributed by atoms with van der Waals surface area (Å²) in [5, 5.41) is 3.96. The number of furan rings is 1. The van der Waals surface area contributed by atoms with Crippen molar-refractivity contribution < 1.29 is 9.21 Å². The van der Waals surface area contributed by atoms with E-state index in [2.05, 4.69) is 46.1 Å². The first-order chi connectivity index (χ1) is 14.7. The summed E-state index contributed by atoms with van der Waals surface area (Å²) in [4.78, 5) is 18.1. The van der Waals surface area contributed by atoms with Gasteiger partial charge in [0, 0.05) is 36.8 Å². The van der Waals surface area contributed by atoms with Gasteiger partial charge in [0.15, 0.2) is 0 Å². The number of amides is 1. The maximum Gasteiger partial charge on any atom is 0.225 e. The lowest BCUT2D eigenvalue weighted by atomic mass is 10.0. The van der Waals surface area contributed by atoms with Crippen molar-refractivity contribution in [2.75, 3.05) is 18.4 Å². The van der Waals surface area contributed by atoms with Crippen LogP contribution in [-0.4, -0.2) is 28.9 Å². The summed E-state index contributed by atoms with van der Waals surface area (Å²) in [6.45, 7) is 5.95. The maximum absolute atomic E-state index is 11.5. The van der Waals surface area contributed by atoms with Crippen LogP contribution >= 0.6 is 0 Å². The Morgan fingerprint density at radius 3 is 2.93 bits per heavy atom. The topological polar surface area (TPSA) is 58.4 Å². The van der Waals surface area contributed by atoms with Crippen LogP contribution in [0.15, 0.2) is 71.4 Å². The molecule has 5 rings (SSSR count). The maximum atomic E-state index is 11.5. The number of anilines is 1. The number of carbonyl (C=O) groups is 1. The van der Waals surface area contributed by atoms with E-state index < -0.39 is 0 Å².